The Morgan fingerprint density at radius 1 is 1.22 bits per heavy atom. The smallest absolute Gasteiger partial charge is 0.399 e. The number of carbonyl (C=O) groups is 1. The minimum absolute atomic E-state index is 0.228. The molecule has 1 aromatic carbocycles. The SMILES string of the molecule is CC1(C)OB(c2cccc(NC(=O)c3cn[nH]n3)c2)OC1(C)C. The van der Waals surface area contributed by atoms with Crippen molar-refractivity contribution in [2.24, 2.45) is 0 Å². The predicted molar refractivity (Wildman–Crippen MR) is 86.5 cm³/mol. The molecule has 1 aliphatic rings. The molecule has 1 fully saturated rings. The van der Waals surface area contributed by atoms with Crippen molar-refractivity contribution < 1.29 is 14.1 Å². The Bertz CT molecular complexity index is 699. The van der Waals surface area contributed by atoms with Crippen LogP contribution in [0.25, 0.3) is 0 Å². The van der Waals surface area contributed by atoms with Gasteiger partial charge in [-0.05, 0) is 45.3 Å². The van der Waals surface area contributed by atoms with Crippen molar-refractivity contribution in [2.75, 3.05) is 5.32 Å². The second-order valence-electron chi connectivity index (χ2n) is 6.52. The molecule has 2 aromatic rings. The van der Waals surface area contributed by atoms with Gasteiger partial charge in [0.05, 0.1) is 17.4 Å². The molecule has 1 aromatic heterocycles. The summed E-state index contributed by atoms with van der Waals surface area (Å²) in [7, 11) is -0.469. The Labute approximate surface area is 134 Å². The molecule has 1 aliphatic heterocycles. The number of aromatic nitrogens is 3. The van der Waals surface area contributed by atoms with Gasteiger partial charge in [0.1, 0.15) is 0 Å². The van der Waals surface area contributed by atoms with Crippen molar-refractivity contribution in [3.63, 3.8) is 0 Å². The first-order chi connectivity index (χ1) is 10.8. The number of anilines is 1. The van der Waals surface area contributed by atoms with Crippen molar-refractivity contribution in [2.45, 2.75) is 38.9 Å². The molecule has 0 spiro atoms. The number of hydrogen-bond acceptors (Lipinski definition) is 5. The van der Waals surface area contributed by atoms with E-state index in [1.165, 1.54) is 6.20 Å². The molecule has 0 aliphatic carbocycles. The largest absolute Gasteiger partial charge is 0.494 e. The van der Waals surface area contributed by atoms with Crippen molar-refractivity contribution in [3.05, 3.63) is 36.2 Å². The van der Waals surface area contributed by atoms with Gasteiger partial charge >= 0.3 is 7.12 Å². The van der Waals surface area contributed by atoms with Gasteiger partial charge in [0.15, 0.2) is 5.69 Å². The molecule has 0 unspecified atom stereocenters. The van der Waals surface area contributed by atoms with Crippen LogP contribution in [0.1, 0.15) is 38.2 Å². The zero-order valence-corrected chi connectivity index (χ0v) is 13.6. The summed E-state index contributed by atoms with van der Waals surface area (Å²) in [5, 5.41) is 12.6. The molecular formula is C15H19BN4O3. The molecule has 2 N–H and O–H groups in total. The second-order valence-corrected chi connectivity index (χ2v) is 6.52. The summed E-state index contributed by atoms with van der Waals surface area (Å²) in [5.74, 6) is -0.329. The summed E-state index contributed by atoms with van der Waals surface area (Å²) in [6.07, 6.45) is 1.37. The van der Waals surface area contributed by atoms with Crippen LogP contribution in [0.5, 0.6) is 0 Å². The van der Waals surface area contributed by atoms with Gasteiger partial charge in [-0.3, -0.25) is 4.79 Å². The Kier molecular flexibility index (Phi) is 3.73. The van der Waals surface area contributed by atoms with Gasteiger partial charge in [0, 0.05) is 5.69 Å². The molecule has 0 atom stereocenters. The number of hydrogen-bond donors (Lipinski definition) is 2. The van der Waals surface area contributed by atoms with Gasteiger partial charge in [0.2, 0.25) is 0 Å². The van der Waals surface area contributed by atoms with E-state index in [1.54, 1.807) is 6.07 Å². The normalized spacial score (nSPS) is 18.9. The van der Waals surface area contributed by atoms with E-state index in [0.717, 1.165) is 5.46 Å². The number of rotatable bonds is 3. The maximum Gasteiger partial charge on any atom is 0.494 e. The molecule has 0 radical (unpaired) electrons. The third-order valence-electron chi connectivity index (χ3n) is 4.32. The Hall–Kier alpha value is -2.19. The van der Waals surface area contributed by atoms with E-state index < -0.39 is 18.3 Å². The van der Waals surface area contributed by atoms with E-state index in [0.29, 0.717) is 5.69 Å². The zero-order chi connectivity index (χ0) is 16.7. The van der Waals surface area contributed by atoms with Crippen molar-refractivity contribution >= 4 is 24.2 Å². The topological polar surface area (TPSA) is 89.1 Å². The van der Waals surface area contributed by atoms with E-state index in [9.17, 15) is 4.79 Å². The number of benzene rings is 1. The van der Waals surface area contributed by atoms with Crippen molar-refractivity contribution in [1.29, 1.82) is 0 Å². The highest BCUT2D eigenvalue weighted by Gasteiger charge is 2.51. The Morgan fingerprint density at radius 3 is 2.52 bits per heavy atom. The fourth-order valence-electron chi connectivity index (χ4n) is 2.25. The van der Waals surface area contributed by atoms with Crippen molar-refractivity contribution in [1.82, 2.24) is 15.4 Å². The molecule has 0 bridgehead atoms. The van der Waals surface area contributed by atoms with Crippen LogP contribution in [0.4, 0.5) is 5.69 Å². The fourth-order valence-corrected chi connectivity index (χ4v) is 2.25. The van der Waals surface area contributed by atoms with Crippen LogP contribution in [-0.2, 0) is 9.31 Å². The predicted octanol–water partition coefficient (Wildman–Crippen LogP) is 1.36. The van der Waals surface area contributed by atoms with E-state index in [-0.39, 0.29) is 11.6 Å². The summed E-state index contributed by atoms with van der Waals surface area (Å²) >= 11 is 0. The highest BCUT2D eigenvalue weighted by Crippen LogP contribution is 2.36. The molecular weight excluding hydrogens is 295 g/mol. The van der Waals surface area contributed by atoms with E-state index >= 15 is 0 Å². The lowest BCUT2D eigenvalue weighted by atomic mass is 9.79. The Morgan fingerprint density at radius 2 is 1.91 bits per heavy atom. The molecule has 1 saturated heterocycles. The van der Waals surface area contributed by atoms with Crippen LogP contribution in [0, 0.1) is 0 Å². The van der Waals surface area contributed by atoms with E-state index in [4.69, 9.17) is 9.31 Å². The fraction of sp³-hybridized carbons (Fsp3) is 0.400. The highest BCUT2D eigenvalue weighted by atomic mass is 16.7. The number of H-pyrrole nitrogens is 1. The first kappa shape index (κ1) is 15.7. The summed E-state index contributed by atoms with van der Waals surface area (Å²) < 4.78 is 12.0. The maximum absolute atomic E-state index is 12.0. The molecule has 23 heavy (non-hydrogen) atoms. The quantitative estimate of drug-likeness (QED) is 0.835. The van der Waals surface area contributed by atoms with Crippen LogP contribution in [0.3, 0.4) is 0 Å². The van der Waals surface area contributed by atoms with Crippen LogP contribution in [0.2, 0.25) is 0 Å². The summed E-state index contributed by atoms with van der Waals surface area (Å²) in [4.78, 5) is 12.0. The van der Waals surface area contributed by atoms with Gasteiger partial charge in [0.25, 0.3) is 5.91 Å². The minimum atomic E-state index is -0.469. The summed E-state index contributed by atoms with van der Waals surface area (Å²) in [6, 6.07) is 7.39. The van der Waals surface area contributed by atoms with Crippen LogP contribution >= 0.6 is 0 Å². The number of nitrogens with one attached hydrogen (secondary N) is 2. The standard InChI is InChI=1S/C15H19BN4O3/c1-14(2)15(3,4)23-16(22-14)10-6-5-7-11(8-10)18-13(21)12-9-17-20-19-12/h5-9H,1-4H3,(H,18,21)(H,17,19,20). The van der Waals surface area contributed by atoms with Gasteiger partial charge in [-0.15, -0.1) is 0 Å². The number of carbonyl (C=O) groups excluding carboxylic acids is 1. The third-order valence-corrected chi connectivity index (χ3v) is 4.32. The lowest BCUT2D eigenvalue weighted by Crippen LogP contribution is -2.41. The average molecular weight is 314 g/mol. The van der Waals surface area contributed by atoms with Crippen LogP contribution in [-0.4, -0.2) is 39.6 Å². The summed E-state index contributed by atoms with van der Waals surface area (Å²) in [6.45, 7) is 8.01. The highest BCUT2D eigenvalue weighted by molar-refractivity contribution is 6.62. The second kappa shape index (κ2) is 5.47. The molecule has 0 saturated carbocycles. The molecule has 3 rings (SSSR count). The molecule has 1 amide bonds. The third kappa shape index (κ3) is 3.00. The maximum atomic E-state index is 12.0. The summed E-state index contributed by atoms with van der Waals surface area (Å²) in [5.41, 5.74) is 0.910. The Balaban J connectivity index is 1.77. The number of nitrogens with zero attached hydrogens (tertiary/aromatic N) is 2. The monoisotopic (exact) mass is 314 g/mol. The molecule has 2 heterocycles. The van der Waals surface area contributed by atoms with Crippen LogP contribution < -0.4 is 10.8 Å². The first-order valence-corrected chi connectivity index (χ1v) is 7.41. The molecule has 7 nitrogen and oxygen atoms in total. The molecule has 8 heteroatoms. The first-order valence-electron chi connectivity index (χ1n) is 7.41. The van der Waals surface area contributed by atoms with Gasteiger partial charge < -0.3 is 14.6 Å². The lowest BCUT2D eigenvalue weighted by Gasteiger charge is -2.32. The number of amides is 1. The van der Waals surface area contributed by atoms with Gasteiger partial charge in [-0.25, -0.2) is 0 Å². The zero-order valence-electron chi connectivity index (χ0n) is 13.6. The van der Waals surface area contributed by atoms with Crippen molar-refractivity contribution in [3.8, 4) is 0 Å². The molecule has 120 valence electrons. The van der Waals surface area contributed by atoms with Gasteiger partial charge in [-0.1, -0.05) is 12.1 Å². The van der Waals surface area contributed by atoms with E-state index in [1.807, 2.05) is 45.9 Å². The number of aromatic amines is 1. The van der Waals surface area contributed by atoms with Gasteiger partial charge in [-0.2, -0.15) is 15.4 Å². The van der Waals surface area contributed by atoms with Crippen LogP contribution in [0.15, 0.2) is 30.5 Å². The van der Waals surface area contributed by atoms with E-state index in [2.05, 4.69) is 20.7 Å². The average Bonchev–Trinajstić information content (AvgIpc) is 3.06. The lowest BCUT2D eigenvalue weighted by molar-refractivity contribution is 0.00578. The minimum Gasteiger partial charge on any atom is -0.399 e.